The second-order valence-corrected chi connectivity index (χ2v) is 7.36. The molecule has 1 aliphatic rings. The SMILES string of the molecule is CCSc1cccc(CNC(=O)N2CC(C)CC(C(=O)O)C2)c1. The van der Waals surface area contributed by atoms with Crippen LogP contribution in [0.5, 0.6) is 0 Å². The largest absolute Gasteiger partial charge is 0.481 e. The standard InChI is InChI=1S/C17H24N2O3S/c1-3-23-15-6-4-5-13(8-15)9-18-17(22)19-10-12(2)7-14(11-19)16(20)21/h4-6,8,12,14H,3,7,9-11H2,1-2H3,(H,18,22)(H,20,21). The van der Waals surface area contributed by atoms with Gasteiger partial charge >= 0.3 is 12.0 Å². The highest BCUT2D eigenvalue weighted by Gasteiger charge is 2.31. The van der Waals surface area contributed by atoms with Crippen LogP contribution in [0.4, 0.5) is 4.79 Å². The van der Waals surface area contributed by atoms with Gasteiger partial charge in [0.05, 0.1) is 5.92 Å². The summed E-state index contributed by atoms with van der Waals surface area (Å²) in [4.78, 5) is 26.3. The average Bonchev–Trinajstić information content (AvgIpc) is 2.52. The second-order valence-electron chi connectivity index (χ2n) is 6.02. The van der Waals surface area contributed by atoms with Crippen LogP contribution in [0, 0.1) is 11.8 Å². The molecular weight excluding hydrogens is 312 g/mol. The molecule has 1 aromatic rings. The third-order valence-electron chi connectivity index (χ3n) is 3.95. The molecular formula is C17H24N2O3S. The summed E-state index contributed by atoms with van der Waals surface area (Å²) in [5.74, 6) is -0.0646. The molecule has 0 spiro atoms. The first-order valence-corrected chi connectivity index (χ1v) is 8.95. The van der Waals surface area contributed by atoms with Crippen LogP contribution in [0.15, 0.2) is 29.2 Å². The molecule has 0 radical (unpaired) electrons. The number of benzene rings is 1. The molecule has 1 fully saturated rings. The van der Waals surface area contributed by atoms with E-state index in [-0.39, 0.29) is 18.5 Å². The van der Waals surface area contributed by atoms with E-state index in [2.05, 4.69) is 24.4 Å². The van der Waals surface area contributed by atoms with E-state index in [1.165, 1.54) is 4.90 Å². The molecule has 2 atom stereocenters. The van der Waals surface area contributed by atoms with E-state index in [1.54, 1.807) is 16.7 Å². The summed E-state index contributed by atoms with van der Waals surface area (Å²) in [5, 5.41) is 12.1. The fourth-order valence-corrected chi connectivity index (χ4v) is 3.64. The van der Waals surface area contributed by atoms with Crippen molar-refractivity contribution in [1.82, 2.24) is 10.2 Å². The van der Waals surface area contributed by atoms with Crippen LogP contribution in [0.2, 0.25) is 0 Å². The first-order valence-electron chi connectivity index (χ1n) is 7.97. The summed E-state index contributed by atoms with van der Waals surface area (Å²) in [6, 6.07) is 7.93. The van der Waals surface area contributed by atoms with Crippen LogP contribution in [-0.4, -0.2) is 40.8 Å². The van der Waals surface area contributed by atoms with Gasteiger partial charge in [0.1, 0.15) is 0 Å². The number of nitrogens with one attached hydrogen (secondary N) is 1. The molecule has 23 heavy (non-hydrogen) atoms. The van der Waals surface area contributed by atoms with Gasteiger partial charge in [0.25, 0.3) is 0 Å². The number of carboxylic acids is 1. The van der Waals surface area contributed by atoms with Crippen molar-refractivity contribution >= 4 is 23.8 Å². The summed E-state index contributed by atoms with van der Waals surface area (Å²) in [7, 11) is 0. The lowest BCUT2D eigenvalue weighted by Crippen LogP contribution is -2.49. The van der Waals surface area contributed by atoms with Crippen molar-refractivity contribution in [3.8, 4) is 0 Å². The zero-order chi connectivity index (χ0) is 16.8. The van der Waals surface area contributed by atoms with Gasteiger partial charge in [0, 0.05) is 24.5 Å². The first-order chi connectivity index (χ1) is 11.0. The Kier molecular flexibility index (Phi) is 6.33. The van der Waals surface area contributed by atoms with Crippen molar-refractivity contribution in [1.29, 1.82) is 0 Å². The number of carbonyl (C=O) groups excluding carboxylic acids is 1. The topological polar surface area (TPSA) is 69.6 Å². The highest BCUT2D eigenvalue weighted by Crippen LogP contribution is 2.22. The van der Waals surface area contributed by atoms with Gasteiger partial charge in [-0.25, -0.2) is 4.79 Å². The number of carboxylic acid groups (broad SMARTS) is 1. The van der Waals surface area contributed by atoms with Crippen LogP contribution in [0.1, 0.15) is 25.8 Å². The van der Waals surface area contributed by atoms with Crippen LogP contribution >= 0.6 is 11.8 Å². The summed E-state index contributed by atoms with van der Waals surface area (Å²) in [5.41, 5.74) is 1.05. The predicted molar refractivity (Wildman–Crippen MR) is 91.6 cm³/mol. The summed E-state index contributed by atoms with van der Waals surface area (Å²) in [6.45, 7) is 5.45. The second kappa shape index (κ2) is 8.24. The lowest BCUT2D eigenvalue weighted by molar-refractivity contribution is -0.143. The molecule has 1 heterocycles. The number of urea groups is 1. The monoisotopic (exact) mass is 336 g/mol. The van der Waals surface area contributed by atoms with Crippen LogP contribution in [0.25, 0.3) is 0 Å². The van der Waals surface area contributed by atoms with Gasteiger partial charge in [-0.05, 0) is 35.8 Å². The quantitative estimate of drug-likeness (QED) is 0.811. The Morgan fingerprint density at radius 3 is 2.87 bits per heavy atom. The molecule has 2 N–H and O–H groups in total. The molecule has 126 valence electrons. The van der Waals surface area contributed by atoms with Crippen molar-refractivity contribution in [2.24, 2.45) is 11.8 Å². The van der Waals surface area contributed by atoms with Crippen molar-refractivity contribution in [3.05, 3.63) is 29.8 Å². The van der Waals surface area contributed by atoms with Gasteiger partial charge in [-0.1, -0.05) is 26.0 Å². The number of hydrogen-bond donors (Lipinski definition) is 2. The maximum atomic E-state index is 12.3. The van der Waals surface area contributed by atoms with Crippen molar-refractivity contribution in [2.45, 2.75) is 31.7 Å². The highest BCUT2D eigenvalue weighted by molar-refractivity contribution is 7.99. The van der Waals surface area contributed by atoms with Gasteiger partial charge in [0.15, 0.2) is 0 Å². The minimum atomic E-state index is -0.821. The number of likely N-dealkylation sites (tertiary alicyclic amines) is 1. The summed E-state index contributed by atoms with van der Waals surface area (Å²) in [6.07, 6.45) is 0.634. The number of thioether (sulfide) groups is 1. The maximum Gasteiger partial charge on any atom is 0.317 e. The fraction of sp³-hybridized carbons (Fsp3) is 0.529. The fourth-order valence-electron chi connectivity index (χ4n) is 2.90. The molecule has 0 saturated carbocycles. The first kappa shape index (κ1) is 17.7. The molecule has 2 unspecified atom stereocenters. The normalized spacial score (nSPS) is 21.0. The van der Waals surface area contributed by atoms with E-state index in [0.29, 0.717) is 19.5 Å². The van der Waals surface area contributed by atoms with Crippen molar-refractivity contribution < 1.29 is 14.7 Å². The maximum absolute atomic E-state index is 12.3. The zero-order valence-electron chi connectivity index (χ0n) is 13.6. The van der Waals surface area contributed by atoms with Crippen LogP contribution < -0.4 is 5.32 Å². The molecule has 0 bridgehead atoms. The number of rotatable bonds is 5. The van der Waals surface area contributed by atoms with E-state index in [0.717, 1.165) is 11.3 Å². The Morgan fingerprint density at radius 1 is 1.39 bits per heavy atom. The zero-order valence-corrected chi connectivity index (χ0v) is 14.4. The lowest BCUT2D eigenvalue weighted by atomic mass is 9.91. The minimum absolute atomic E-state index is 0.184. The van der Waals surface area contributed by atoms with E-state index >= 15 is 0 Å². The van der Waals surface area contributed by atoms with Gasteiger partial charge in [-0.2, -0.15) is 0 Å². The Labute approximate surface area is 141 Å². The minimum Gasteiger partial charge on any atom is -0.481 e. The molecule has 0 aromatic heterocycles. The van der Waals surface area contributed by atoms with Crippen LogP contribution in [0.3, 0.4) is 0 Å². The third kappa shape index (κ3) is 5.16. The molecule has 0 aliphatic carbocycles. The third-order valence-corrected chi connectivity index (χ3v) is 4.83. The molecule has 1 saturated heterocycles. The van der Waals surface area contributed by atoms with Crippen molar-refractivity contribution in [2.75, 3.05) is 18.8 Å². The highest BCUT2D eigenvalue weighted by atomic mass is 32.2. The molecule has 6 heteroatoms. The van der Waals surface area contributed by atoms with E-state index in [1.807, 2.05) is 19.1 Å². The molecule has 2 amide bonds. The van der Waals surface area contributed by atoms with Gasteiger partial charge in [-0.3, -0.25) is 4.79 Å². The molecule has 1 aliphatic heterocycles. The number of carbonyl (C=O) groups is 2. The van der Waals surface area contributed by atoms with Crippen LogP contribution in [-0.2, 0) is 11.3 Å². The van der Waals surface area contributed by atoms with Gasteiger partial charge < -0.3 is 15.3 Å². The van der Waals surface area contributed by atoms with Gasteiger partial charge in [0.2, 0.25) is 0 Å². The number of aliphatic carboxylic acids is 1. The number of piperidine rings is 1. The van der Waals surface area contributed by atoms with Crippen molar-refractivity contribution in [3.63, 3.8) is 0 Å². The Hall–Kier alpha value is -1.69. The smallest absolute Gasteiger partial charge is 0.317 e. The predicted octanol–water partition coefficient (Wildman–Crippen LogP) is 3.05. The van der Waals surface area contributed by atoms with Gasteiger partial charge in [-0.15, -0.1) is 11.8 Å². The number of amides is 2. The Balaban J connectivity index is 1.91. The summed E-state index contributed by atoms with van der Waals surface area (Å²) >= 11 is 1.77. The molecule has 5 nitrogen and oxygen atoms in total. The number of nitrogens with zero attached hydrogens (tertiary/aromatic N) is 1. The molecule has 1 aromatic carbocycles. The lowest BCUT2D eigenvalue weighted by Gasteiger charge is -2.34. The Bertz CT molecular complexity index is 565. The van der Waals surface area contributed by atoms with E-state index in [9.17, 15) is 14.7 Å². The van der Waals surface area contributed by atoms with E-state index < -0.39 is 11.9 Å². The molecule has 2 rings (SSSR count). The number of hydrogen-bond acceptors (Lipinski definition) is 3. The van der Waals surface area contributed by atoms with E-state index in [4.69, 9.17) is 0 Å². The average molecular weight is 336 g/mol. The summed E-state index contributed by atoms with van der Waals surface area (Å²) < 4.78 is 0. The Morgan fingerprint density at radius 2 is 2.17 bits per heavy atom.